The van der Waals surface area contributed by atoms with Gasteiger partial charge in [-0.2, -0.15) is 5.26 Å². The third-order valence-electron chi connectivity index (χ3n) is 3.48. The van der Waals surface area contributed by atoms with E-state index in [9.17, 15) is 5.26 Å². The summed E-state index contributed by atoms with van der Waals surface area (Å²) in [5.74, 6) is 0.637. The molecule has 3 aromatic rings. The first-order valence-corrected chi connectivity index (χ1v) is 6.88. The van der Waals surface area contributed by atoms with Crippen LogP contribution in [-0.2, 0) is 6.61 Å². The summed E-state index contributed by atoms with van der Waals surface area (Å²) in [6.07, 6.45) is 0. The van der Waals surface area contributed by atoms with Crippen molar-refractivity contribution in [2.45, 2.75) is 13.5 Å². The second kappa shape index (κ2) is 5.68. The SMILES string of the molecule is Cc1cccc(COc2ccc3ccccc3c2C#N)c1. The number of benzene rings is 3. The van der Waals surface area contributed by atoms with Gasteiger partial charge in [0.1, 0.15) is 24.0 Å². The van der Waals surface area contributed by atoms with Gasteiger partial charge in [0.2, 0.25) is 0 Å². The Labute approximate surface area is 124 Å². The molecule has 3 rings (SSSR count). The zero-order valence-electron chi connectivity index (χ0n) is 11.8. The van der Waals surface area contributed by atoms with Crippen LogP contribution in [-0.4, -0.2) is 0 Å². The van der Waals surface area contributed by atoms with Gasteiger partial charge in [0.05, 0.1) is 0 Å². The molecule has 0 atom stereocenters. The van der Waals surface area contributed by atoms with Crippen LogP contribution in [0.3, 0.4) is 0 Å². The van der Waals surface area contributed by atoms with Crippen LogP contribution in [0.25, 0.3) is 10.8 Å². The number of hydrogen-bond donors (Lipinski definition) is 0. The smallest absolute Gasteiger partial charge is 0.138 e. The topological polar surface area (TPSA) is 33.0 Å². The van der Waals surface area contributed by atoms with Gasteiger partial charge in [-0.05, 0) is 23.9 Å². The van der Waals surface area contributed by atoms with Gasteiger partial charge < -0.3 is 4.74 Å². The van der Waals surface area contributed by atoms with Crippen molar-refractivity contribution in [2.75, 3.05) is 0 Å². The first-order chi connectivity index (χ1) is 10.3. The highest BCUT2D eigenvalue weighted by Crippen LogP contribution is 2.27. The molecular weight excluding hydrogens is 258 g/mol. The predicted octanol–water partition coefficient (Wildman–Crippen LogP) is 4.60. The maximum absolute atomic E-state index is 9.43. The molecule has 2 heteroatoms. The summed E-state index contributed by atoms with van der Waals surface area (Å²) in [6.45, 7) is 2.52. The average molecular weight is 273 g/mol. The molecule has 0 radical (unpaired) electrons. The Kier molecular flexibility index (Phi) is 3.57. The van der Waals surface area contributed by atoms with Gasteiger partial charge in [0.25, 0.3) is 0 Å². The van der Waals surface area contributed by atoms with E-state index in [4.69, 9.17) is 4.74 Å². The van der Waals surface area contributed by atoms with E-state index in [0.29, 0.717) is 17.9 Å². The molecule has 2 nitrogen and oxygen atoms in total. The minimum absolute atomic E-state index is 0.467. The van der Waals surface area contributed by atoms with Gasteiger partial charge in [0, 0.05) is 5.39 Å². The van der Waals surface area contributed by atoms with E-state index in [1.54, 1.807) is 0 Å². The maximum Gasteiger partial charge on any atom is 0.138 e. The molecule has 0 spiro atoms. The second-order valence-corrected chi connectivity index (χ2v) is 5.05. The van der Waals surface area contributed by atoms with E-state index in [1.165, 1.54) is 5.56 Å². The van der Waals surface area contributed by atoms with Crippen LogP contribution in [0.2, 0.25) is 0 Å². The van der Waals surface area contributed by atoms with Gasteiger partial charge in [-0.1, -0.05) is 60.2 Å². The largest absolute Gasteiger partial charge is 0.487 e. The number of hydrogen-bond acceptors (Lipinski definition) is 2. The highest BCUT2D eigenvalue weighted by molar-refractivity contribution is 5.90. The molecule has 0 aliphatic heterocycles. The number of rotatable bonds is 3. The fourth-order valence-electron chi connectivity index (χ4n) is 2.45. The number of nitriles is 1. The average Bonchev–Trinajstić information content (AvgIpc) is 2.52. The maximum atomic E-state index is 9.43. The normalized spacial score (nSPS) is 10.3. The molecule has 21 heavy (non-hydrogen) atoms. The monoisotopic (exact) mass is 273 g/mol. The molecule has 0 aliphatic rings. The first-order valence-electron chi connectivity index (χ1n) is 6.88. The van der Waals surface area contributed by atoms with Crippen molar-refractivity contribution in [2.24, 2.45) is 0 Å². The van der Waals surface area contributed by atoms with E-state index < -0.39 is 0 Å². The Balaban J connectivity index is 1.92. The van der Waals surface area contributed by atoms with Gasteiger partial charge >= 0.3 is 0 Å². The third kappa shape index (κ3) is 2.73. The Morgan fingerprint density at radius 1 is 1.00 bits per heavy atom. The Morgan fingerprint density at radius 3 is 2.67 bits per heavy atom. The number of nitrogens with zero attached hydrogens (tertiary/aromatic N) is 1. The summed E-state index contributed by atoms with van der Waals surface area (Å²) in [7, 11) is 0. The Bertz CT molecular complexity index is 830. The summed E-state index contributed by atoms with van der Waals surface area (Å²) < 4.78 is 5.85. The summed E-state index contributed by atoms with van der Waals surface area (Å²) in [6, 6.07) is 22.2. The zero-order valence-corrected chi connectivity index (χ0v) is 11.8. The van der Waals surface area contributed by atoms with Crippen LogP contribution in [0, 0.1) is 18.3 Å². The molecule has 102 valence electrons. The second-order valence-electron chi connectivity index (χ2n) is 5.05. The fraction of sp³-hybridized carbons (Fsp3) is 0.105. The first kappa shape index (κ1) is 13.2. The van der Waals surface area contributed by atoms with Crippen LogP contribution >= 0.6 is 0 Å². The molecule has 0 N–H and O–H groups in total. The Morgan fingerprint density at radius 2 is 1.86 bits per heavy atom. The van der Waals surface area contributed by atoms with Crippen molar-refractivity contribution < 1.29 is 4.74 Å². The lowest BCUT2D eigenvalue weighted by Gasteiger charge is -2.10. The highest BCUT2D eigenvalue weighted by atomic mass is 16.5. The summed E-state index contributed by atoms with van der Waals surface area (Å²) in [5, 5.41) is 11.4. The minimum Gasteiger partial charge on any atom is -0.487 e. The number of aryl methyl sites for hydroxylation is 1. The van der Waals surface area contributed by atoms with Crippen molar-refractivity contribution in [1.29, 1.82) is 5.26 Å². The highest BCUT2D eigenvalue weighted by Gasteiger charge is 2.08. The van der Waals surface area contributed by atoms with Crippen LogP contribution in [0.4, 0.5) is 0 Å². The molecule has 0 heterocycles. The van der Waals surface area contributed by atoms with Crippen molar-refractivity contribution in [1.82, 2.24) is 0 Å². The van der Waals surface area contributed by atoms with Gasteiger partial charge in [0.15, 0.2) is 0 Å². The van der Waals surface area contributed by atoms with Gasteiger partial charge in [-0.15, -0.1) is 0 Å². The van der Waals surface area contributed by atoms with E-state index in [2.05, 4.69) is 25.1 Å². The van der Waals surface area contributed by atoms with Gasteiger partial charge in [-0.25, -0.2) is 0 Å². The van der Waals surface area contributed by atoms with Crippen molar-refractivity contribution in [3.8, 4) is 11.8 Å². The lowest BCUT2D eigenvalue weighted by Crippen LogP contribution is -1.98. The number of fused-ring (bicyclic) bond motifs is 1. The van der Waals surface area contributed by atoms with E-state index in [-0.39, 0.29) is 0 Å². The molecule has 0 amide bonds. The van der Waals surface area contributed by atoms with E-state index >= 15 is 0 Å². The molecule has 0 unspecified atom stereocenters. The summed E-state index contributed by atoms with van der Waals surface area (Å²) in [4.78, 5) is 0. The molecule has 0 fully saturated rings. The van der Waals surface area contributed by atoms with Crippen molar-refractivity contribution in [3.63, 3.8) is 0 Å². The molecule has 3 aromatic carbocycles. The molecular formula is C19H15NO. The van der Waals surface area contributed by atoms with Crippen LogP contribution < -0.4 is 4.74 Å². The third-order valence-corrected chi connectivity index (χ3v) is 3.48. The van der Waals surface area contributed by atoms with E-state index in [0.717, 1.165) is 16.3 Å². The molecule has 0 aliphatic carbocycles. The summed E-state index contributed by atoms with van der Waals surface area (Å²) >= 11 is 0. The fourth-order valence-corrected chi connectivity index (χ4v) is 2.45. The lowest BCUT2D eigenvalue weighted by molar-refractivity contribution is 0.305. The Hall–Kier alpha value is -2.79. The quantitative estimate of drug-likeness (QED) is 0.698. The molecule has 0 saturated heterocycles. The molecule has 0 bridgehead atoms. The summed E-state index contributed by atoms with van der Waals surface area (Å²) in [5.41, 5.74) is 2.91. The minimum atomic E-state index is 0.467. The van der Waals surface area contributed by atoms with E-state index in [1.807, 2.05) is 48.5 Å². The van der Waals surface area contributed by atoms with Crippen LogP contribution in [0.5, 0.6) is 5.75 Å². The number of ether oxygens (including phenoxy) is 1. The van der Waals surface area contributed by atoms with Crippen LogP contribution in [0.15, 0.2) is 60.7 Å². The van der Waals surface area contributed by atoms with Gasteiger partial charge in [-0.3, -0.25) is 0 Å². The molecule has 0 saturated carbocycles. The lowest BCUT2D eigenvalue weighted by atomic mass is 10.0. The zero-order chi connectivity index (χ0) is 14.7. The standard InChI is InChI=1S/C19H15NO/c1-14-5-4-6-15(11-14)13-21-19-10-9-16-7-2-3-8-17(16)18(19)12-20/h2-11H,13H2,1H3. The van der Waals surface area contributed by atoms with Crippen molar-refractivity contribution in [3.05, 3.63) is 77.4 Å². The predicted molar refractivity (Wildman–Crippen MR) is 84.2 cm³/mol. The van der Waals surface area contributed by atoms with Crippen molar-refractivity contribution >= 4 is 10.8 Å². The van der Waals surface area contributed by atoms with Crippen LogP contribution in [0.1, 0.15) is 16.7 Å². The molecule has 0 aromatic heterocycles.